The Labute approximate surface area is 106 Å². The van der Waals surface area contributed by atoms with Gasteiger partial charge in [0.15, 0.2) is 0 Å². The first-order valence-corrected chi connectivity index (χ1v) is 6.31. The van der Waals surface area contributed by atoms with Gasteiger partial charge in [-0.25, -0.2) is 0 Å². The molecule has 0 bridgehead atoms. The maximum atomic E-state index is 7.48. The number of rotatable bonds is 5. The Kier molecular flexibility index (Phi) is 3.89. The minimum Gasteiger partial charge on any atom is -0.493 e. The number of amidine groups is 1. The summed E-state index contributed by atoms with van der Waals surface area (Å²) in [7, 11) is 0. The molecule has 0 heterocycles. The lowest BCUT2D eigenvalue weighted by Crippen LogP contribution is -2.16. The van der Waals surface area contributed by atoms with Crippen LogP contribution in [0.4, 0.5) is 0 Å². The van der Waals surface area contributed by atoms with Crippen molar-refractivity contribution in [3.63, 3.8) is 0 Å². The van der Waals surface area contributed by atoms with Gasteiger partial charge in [-0.15, -0.1) is 0 Å². The second kappa shape index (κ2) is 5.41. The molecule has 1 aromatic rings. The summed E-state index contributed by atoms with van der Waals surface area (Å²) in [5.74, 6) is 1.47. The quantitative estimate of drug-likeness (QED) is 0.625. The van der Waals surface area contributed by atoms with E-state index in [-0.39, 0.29) is 5.84 Å². The maximum Gasteiger partial charge on any atom is 0.130 e. The van der Waals surface area contributed by atoms with E-state index in [1.54, 1.807) is 18.2 Å². The number of hydrogen-bond donors (Lipinski definition) is 2. The molecule has 4 heteroatoms. The van der Waals surface area contributed by atoms with Crippen molar-refractivity contribution in [3.8, 4) is 5.75 Å². The van der Waals surface area contributed by atoms with Gasteiger partial charge in [0.2, 0.25) is 0 Å². The van der Waals surface area contributed by atoms with Crippen LogP contribution in [0.2, 0.25) is 5.02 Å². The molecule has 0 saturated heterocycles. The van der Waals surface area contributed by atoms with Crippen LogP contribution in [0.5, 0.6) is 5.75 Å². The largest absolute Gasteiger partial charge is 0.493 e. The van der Waals surface area contributed by atoms with Gasteiger partial charge in [0.1, 0.15) is 11.6 Å². The van der Waals surface area contributed by atoms with E-state index in [1.807, 2.05) is 0 Å². The second-order valence-electron chi connectivity index (χ2n) is 4.49. The normalized spacial score (nSPS) is 15.4. The van der Waals surface area contributed by atoms with Crippen LogP contribution in [0.3, 0.4) is 0 Å². The van der Waals surface area contributed by atoms with E-state index >= 15 is 0 Å². The Balaban J connectivity index is 1.96. The molecule has 0 amide bonds. The molecule has 3 N–H and O–H groups in total. The lowest BCUT2D eigenvalue weighted by molar-refractivity contribution is 0.222. The Bertz CT molecular complexity index is 416. The van der Waals surface area contributed by atoms with Gasteiger partial charge in [0, 0.05) is 5.02 Å². The lowest BCUT2D eigenvalue weighted by atomic mass is 9.83. The molecule has 1 aromatic carbocycles. The summed E-state index contributed by atoms with van der Waals surface area (Å²) in [5, 5.41) is 8.05. The van der Waals surface area contributed by atoms with Crippen LogP contribution in [-0.4, -0.2) is 12.4 Å². The molecule has 0 radical (unpaired) electrons. The van der Waals surface area contributed by atoms with Crippen molar-refractivity contribution in [2.75, 3.05) is 6.61 Å². The summed E-state index contributed by atoms with van der Waals surface area (Å²) in [4.78, 5) is 0. The number of benzene rings is 1. The van der Waals surface area contributed by atoms with Gasteiger partial charge in [-0.05, 0) is 30.5 Å². The zero-order valence-electron chi connectivity index (χ0n) is 9.71. The fourth-order valence-corrected chi connectivity index (χ4v) is 2.13. The van der Waals surface area contributed by atoms with Crippen LogP contribution in [0, 0.1) is 11.3 Å². The van der Waals surface area contributed by atoms with E-state index in [4.69, 9.17) is 27.5 Å². The van der Waals surface area contributed by atoms with Gasteiger partial charge in [0.25, 0.3) is 0 Å². The fourth-order valence-electron chi connectivity index (χ4n) is 1.96. The van der Waals surface area contributed by atoms with Crippen LogP contribution in [-0.2, 0) is 0 Å². The minimum atomic E-state index is -0.00820. The van der Waals surface area contributed by atoms with Gasteiger partial charge in [0.05, 0.1) is 12.2 Å². The summed E-state index contributed by atoms with van der Waals surface area (Å²) in [6.45, 7) is 0.687. The van der Waals surface area contributed by atoms with Crippen molar-refractivity contribution < 1.29 is 4.74 Å². The number of halogens is 1. The first-order chi connectivity index (χ1) is 8.16. The molecule has 0 unspecified atom stereocenters. The maximum absolute atomic E-state index is 7.48. The van der Waals surface area contributed by atoms with E-state index in [2.05, 4.69) is 0 Å². The highest BCUT2D eigenvalue weighted by molar-refractivity contribution is 6.31. The predicted molar refractivity (Wildman–Crippen MR) is 69.9 cm³/mol. The lowest BCUT2D eigenvalue weighted by Gasteiger charge is -2.25. The first kappa shape index (κ1) is 12.2. The minimum absolute atomic E-state index is 0.00820. The Morgan fingerprint density at radius 2 is 2.24 bits per heavy atom. The molecule has 1 aliphatic rings. The molecule has 2 rings (SSSR count). The molecule has 3 nitrogen and oxygen atoms in total. The van der Waals surface area contributed by atoms with Crippen molar-refractivity contribution >= 4 is 17.4 Å². The second-order valence-corrected chi connectivity index (χ2v) is 4.92. The van der Waals surface area contributed by atoms with Crippen molar-refractivity contribution in [1.82, 2.24) is 0 Å². The smallest absolute Gasteiger partial charge is 0.130 e. The van der Waals surface area contributed by atoms with E-state index in [1.165, 1.54) is 19.3 Å². The van der Waals surface area contributed by atoms with E-state index < -0.39 is 0 Å². The highest BCUT2D eigenvalue weighted by atomic mass is 35.5. The summed E-state index contributed by atoms with van der Waals surface area (Å²) in [6.07, 6.45) is 5.08. The van der Waals surface area contributed by atoms with Crippen LogP contribution in [0.15, 0.2) is 18.2 Å². The van der Waals surface area contributed by atoms with Crippen molar-refractivity contribution in [2.45, 2.75) is 25.7 Å². The fraction of sp³-hybridized carbons (Fsp3) is 0.462. The molecule has 92 valence electrons. The molecular weight excluding hydrogens is 236 g/mol. The molecular formula is C13H17ClN2O. The molecule has 0 spiro atoms. The topological polar surface area (TPSA) is 59.1 Å². The zero-order valence-corrected chi connectivity index (χ0v) is 10.5. The average molecular weight is 253 g/mol. The highest BCUT2D eigenvalue weighted by Crippen LogP contribution is 2.30. The van der Waals surface area contributed by atoms with Gasteiger partial charge >= 0.3 is 0 Å². The summed E-state index contributed by atoms with van der Waals surface area (Å²) in [6, 6.07) is 5.20. The van der Waals surface area contributed by atoms with Crippen molar-refractivity contribution in [2.24, 2.45) is 11.7 Å². The van der Waals surface area contributed by atoms with Crippen LogP contribution in [0.25, 0.3) is 0 Å². The van der Waals surface area contributed by atoms with Gasteiger partial charge in [-0.2, -0.15) is 0 Å². The molecule has 1 fully saturated rings. The van der Waals surface area contributed by atoms with Crippen LogP contribution >= 0.6 is 11.6 Å². The number of ether oxygens (including phenoxy) is 1. The standard InChI is InChI=1S/C13H17ClN2O/c14-10-4-5-12(11(8-10)13(15)16)17-7-6-9-2-1-3-9/h4-5,8-9H,1-3,6-7H2,(H3,15,16). The molecule has 17 heavy (non-hydrogen) atoms. The van der Waals surface area contributed by atoms with Crippen molar-refractivity contribution in [1.29, 1.82) is 5.41 Å². The Morgan fingerprint density at radius 1 is 1.47 bits per heavy atom. The van der Waals surface area contributed by atoms with Gasteiger partial charge in [-0.1, -0.05) is 30.9 Å². The average Bonchev–Trinajstić information content (AvgIpc) is 2.23. The van der Waals surface area contributed by atoms with Gasteiger partial charge < -0.3 is 10.5 Å². The van der Waals surface area contributed by atoms with Crippen molar-refractivity contribution in [3.05, 3.63) is 28.8 Å². The van der Waals surface area contributed by atoms with E-state index in [0.29, 0.717) is 22.9 Å². The summed E-state index contributed by atoms with van der Waals surface area (Å²) >= 11 is 5.87. The van der Waals surface area contributed by atoms with E-state index in [9.17, 15) is 0 Å². The number of nitrogens with one attached hydrogen (secondary N) is 1. The Hall–Kier alpha value is -1.22. The molecule has 0 atom stereocenters. The number of nitrogen functional groups attached to an aromatic ring is 1. The number of hydrogen-bond acceptors (Lipinski definition) is 2. The molecule has 0 aromatic heterocycles. The third kappa shape index (κ3) is 3.13. The predicted octanol–water partition coefficient (Wildman–Crippen LogP) is 3.19. The van der Waals surface area contributed by atoms with Crippen LogP contribution in [0.1, 0.15) is 31.2 Å². The number of nitrogens with two attached hydrogens (primary N) is 1. The zero-order chi connectivity index (χ0) is 12.3. The monoisotopic (exact) mass is 252 g/mol. The van der Waals surface area contributed by atoms with E-state index in [0.717, 1.165) is 12.3 Å². The molecule has 1 saturated carbocycles. The summed E-state index contributed by atoms with van der Waals surface area (Å²) < 4.78 is 5.68. The molecule has 1 aliphatic carbocycles. The summed E-state index contributed by atoms with van der Waals surface area (Å²) in [5.41, 5.74) is 6.07. The first-order valence-electron chi connectivity index (χ1n) is 5.93. The van der Waals surface area contributed by atoms with Gasteiger partial charge in [-0.3, -0.25) is 5.41 Å². The third-order valence-electron chi connectivity index (χ3n) is 3.24. The molecule has 0 aliphatic heterocycles. The highest BCUT2D eigenvalue weighted by Gasteiger charge is 2.17. The van der Waals surface area contributed by atoms with Crippen LogP contribution < -0.4 is 10.5 Å². The third-order valence-corrected chi connectivity index (χ3v) is 3.48. The SMILES string of the molecule is N=C(N)c1cc(Cl)ccc1OCCC1CCC1. The Morgan fingerprint density at radius 3 is 2.82 bits per heavy atom.